The Labute approximate surface area is 190 Å². The highest BCUT2D eigenvalue weighted by atomic mass is 16.3. The van der Waals surface area contributed by atoms with Crippen molar-refractivity contribution in [2.45, 2.75) is 104 Å². The van der Waals surface area contributed by atoms with Crippen molar-refractivity contribution in [3.8, 4) is 0 Å². The molecule has 1 aromatic heterocycles. The number of piperidine rings is 1. The minimum absolute atomic E-state index is 0.0920. The Morgan fingerprint density at radius 1 is 1.00 bits per heavy atom. The molecule has 4 heterocycles. The van der Waals surface area contributed by atoms with Crippen molar-refractivity contribution in [3.63, 3.8) is 0 Å². The van der Waals surface area contributed by atoms with Gasteiger partial charge in [0.15, 0.2) is 5.82 Å². The third-order valence-corrected chi connectivity index (χ3v) is 7.62. The van der Waals surface area contributed by atoms with Gasteiger partial charge in [-0.25, -0.2) is 0 Å². The molecule has 1 unspecified atom stereocenters. The van der Waals surface area contributed by atoms with Crippen molar-refractivity contribution in [1.29, 1.82) is 0 Å². The average Bonchev–Trinajstić information content (AvgIpc) is 3.01. The van der Waals surface area contributed by atoms with Crippen LogP contribution in [0.2, 0.25) is 0 Å². The summed E-state index contributed by atoms with van der Waals surface area (Å²) in [5.41, 5.74) is 1.50. The minimum Gasteiger partial charge on any atom is -0.388 e. The number of aromatic nitrogens is 2. The zero-order valence-electron chi connectivity index (χ0n) is 21.3. The van der Waals surface area contributed by atoms with Gasteiger partial charge in [-0.2, -0.15) is 5.10 Å². The van der Waals surface area contributed by atoms with Crippen molar-refractivity contribution < 1.29 is 5.11 Å². The van der Waals surface area contributed by atoms with Crippen LogP contribution < -0.4 is 10.2 Å². The SMILES string of the molecule is CC.CC.Cc1cc(N2CCC(N3CC(C)(O)C3)CC2(C)C)nn1C1CC2(CNC2)C1. The van der Waals surface area contributed by atoms with Gasteiger partial charge in [0, 0.05) is 56.1 Å². The van der Waals surface area contributed by atoms with E-state index in [1.165, 1.54) is 31.6 Å². The minimum atomic E-state index is -0.479. The maximum Gasteiger partial charge on any atom is 0.151 e. The second kappa shape index (κ2) is 9.03. The van der Waals surface area contributed by atoms with Gasteiger partial charge in [-0.1, -0.05) is 27.7 Å². The number of nitrogens with one attached hydrogen (secondary N) is 1. The summed E-state index contributed by atoms with van der Waals surface area (Å²) in [5.74, 6) is 1.15. The lowest BCUT2D eigenvalue weighted by Crippen LogP contribution is -2.66. The number of likely N-dealkylation sites (tertiary alicyclic amines) is 1. The van der Waals surface area contributed by atoms with E-state index in [2.05, 4.69) is 46.6 Å². The van der Waals surface area contributed by atoms with Crippen LogP contribution in [0.4, 0.5) is 5.82 Å². The van der Waals surface area contributed by atoms with Crippen LogP contribution in [-0.4, -0.2) is 69.7 Å². The largest absolute Gasteiger partial charge is 0.388 e. The number of hydrogen-bond acceptors (Lipinski definition) is 5. The molecule has 178 valence electrons. The van der Waals surface area contributed by atoms with E-state index in [0.29, 0.717) is 17.5 Å². The Morgan fingerprint density at radius 3 is 2.10 bits per heavy atom. The van der Waals surface area contributed by atoms with Crippen LogP contribution in [0.15, 0.2) is 6.07 Å². The summed E-state index contributed by atoms with van der Waals surface area (Å²) in [6, 6.07) is 3.46. The maximum atomic E-state index is 10.1. The van der Waals surface area contributed by atoms with Gasteiger partial charge in [-0.05, 0) is 58.8 Å². The lowest BCUT2D eigenvalue weighted by molar-refractivity contribution is -0.109. The van der Waals surface area contributed by atoms with E-state index in [0.717, 1.165) is 38.3 Å². The molecular weight excluding hydrogens is 386 g/mol. The van der Waals surface area contributed by atoms with Gasteiger partial charge in [0.05, 0.1) is 11.6 Å². The molecule has 0 amide bonds. The second-order valence-corrected chi connectivity index (χ2v) is 10.8. The summed E-state index contributed by atoms with van der Waals surface area (Å²) in [7, 11) is 0. The molecule has 1 spiro atoms. The molecule has 5 rings (SSSR count). The molecule has 1 aliphatic carbocycles. The zero-order chi connectivity index (χ0) is 23.0. The van der Waals surface area contributed by atoms with Crippen LogP contribution in [0, 0.1) is 12.3 Å². The Balaban J connectivity index is 0.000000645. The van der Waals surface area contributed by atoms with Gasteiger partial charge in [0.1, 0.15) is 0 Å². The molecule has 0 bridgehead atoms. The molecule has 3 saturated heterocycles. The van der Waals surface area contributed by atoms with Gasteiger partial charge >= 0.3 is 0 Å². The molecule has 31 heavy (non-hydrogen) atoms. The number of nitrogens with zero attached hydrogens (tertiary/aromatic N) is 4. The van der Waals surface area contributed by atoms with Crippen LogP contribution in [0.3, 0.4) is 0 Å². The highest BCUT2D eigenvalue weighted by Gasteiger charge is 2.50. The van der Waals surface area contributed by atoms with E-state index in [-0.39, 0.29) is 5.54 Å². The molecule has 6 heteroatoms. The van der Waals surface area contributed by atoms with Crippen LogP contribution >= 0.6 is 0 Å². The highest BCUT2D eigenvalue weighted by molar-refractivity contribution is 5.44. The predicted octanol–water partition coefficient (Wildman–Crippen LogP) is 3.98. The molecule has 0 aromatic carbocycles. The molecule has 0 radical (unpaired) electrons. The third-order valence-electron chi connectivity index (χ3n) is 7.62. The van der Waals surface area contributed by atoms with Crippen molar-refractivity contribution >= 4 is 5.82 Å². The summed E-state index contributed by atoms with van der Waals surface area (Å²) in [5, 5.41) is 18.6. The number of anilines is 1. The Bertz CT molecular complexity index is 720. The van der Waals surface area contributed by atoms with Crippen LogP contribution in [-0.2, 0) is 0 Å². The molecule has 3 aliphatic heterocycles. The van der Waals surface area contributed by atoms with Crippen LogP contribution in [0.5, 0.6) is 0 Å². The second-order valence-electron chi connectivity index (χ2n) is 10.8. The fourth-order valence-electron chi connectivity index (χ4n) is 6.05. The first kappa shape index (κ1) is 24.5. The highest BCUT2D eigenvalue weighted by Crippen LogP contribution is 2.51. The van der Waals surface area contributed by atoms with Crippen LogP contribution in [0.25, 0.3) is 0 Å². The molecule has 1 saturated carbocycles. The van der Waals surface area contributed by atoms with E-state index >= 15 is 0 Å². The summed E-state index contributed by atoms with van der Waals surface area (Å²) < 4.78 is 2.30. The number of β-amino-alcohol motifs (C(OH)–C–C–N with tert-alkyl or cyclic N) is 1. The first-order valence-corrected chi connectivity index (χ1v) is 12.7. The fraction of sp³-hybridized carbons (Fsp3) is 0.880. The van der Waals surface area contributed by atoms with Crippen molar-refractivity contribution in [2.24, 2.45) is 5.41 Å². The van der Waals surface area contributed by atoms with Gasteiger partial charge < -0.3 is 15.3 Å². The van der Waals surface area contributed by atoms with E-state index in [4.69, 9.17) is 5.10 Å². The molecule has 2 N–H and O–H groups in total. The number of aryl methyl sites for hydroxylation is 1. The summed E-state index contributed by atoms with van der Waals surface area (Å²) >= 11 is 0. The van der Waals surface area contributed by atoms with E-state index < -0.39 is 5.60 Å². The Kier molecular flexibility index (Phi) is 7.14. The van der Waals surface area contributed by atoms with Gasteiger partial charge in [0.2, 0.25) is 0 Å². The van der Waals surface area contributed by atoms with Crippen molar-refractivity contribution in [2.75, 3.05) is 37.6 Å². The number of rotatable bonds is 3. The Morgan fingerprint density at radius 2 is 1.61 bits per heavy atom. The smallest absolute Gasteiger partial charge is 0.151 e. The maximum absolute atomic E-state index is 10.1. The van der Waals surface area contributed by atoms with E-state index in [1.54, 1.807) is 0 Å². The lowest BCUT2D eigenvalue weighted by atomic mass is 9.62. The molecule has 4 fully saturated rings. The zero-order valence-corrected chi connectivity index (χ0v) is 21.3. The van der Waals surface area contributed by atoms with Crippen molar-refractivity contribution in [3.05, 3.63) is 11.8 Å². The lowest BCUT2D eigenvalue weighted by Gasteiger charge is -2.55. The summed E-state index contributed by atoms with van der Waals surface area (Å²) in [6.45, 7) is 21.9. The monoisotopic (exact) mass is 433 g/mol. The topological polar surface area (TPSA) is 56.6 Å². The third kappa shape index (κ3) is 4.67. The van der Waals surface area contributed by atoms with Crippen molar-refractivity contribution in [1.82, 2.24) is 20.0 Å². The summed E-state index contributed by atoms with van der Waals surface area (Å²) in [4.78, 5) is 4.98. The van der Waals surface area contributed by atoms with Gasteiger partial charge in [0.25, 0.3) is 0 Å². The molecule has 6 nitrogen and oxygen atoms in total. The molecular formula is C25H47N5O. The predicted molar refractivity (Wildman–Crippen MR) is 130 cm³/mol. The quantitative estimate of drug-likeness (QED) is 0.755. The van der Waals surface area contributed by atoms with E-state index in [1.807, 2.05) is 34.6 Å². The standard InChI is InChI=1S/C21H35N5O.2C2H6/c1-15-7-18(23-26(15)17-9-21(10-17)11-22-12-21)25-6-5-16(8-19(25,2)3)24-13-20(4,27)14-24;2*1-2/h7,16-17,22,27H,5-6,8-14H2,1-4H3;2*1-2H3. The fourth-order valence-corrected chi connectivity index (χ4v) is 6.05. The van der Waals surface area contributed by atoms with Gasteiger partial charge in [-0.3, -0.25) is 9.58 Å². The summed E-state index contributed by atoms with van der Waals surface area (Å²) in [6.07, 6.45) is 4.85. The Hall–Kier alpha value is -1.11. The first-order chi connectivity index (χ1) is 14.7. The van der Waals surface area contributed by atoms with Crippen LogP contribution in [0.1, 0.15) is 85.9 Å². The normalized spacial score (nSPS) is 28.3. The molecule has 4 aliphatic rings. The number of aliphatic hydroxyl groups is 1. The molecule has 1 atom stereocenters. The van der Waals surface area contributed by atoms with Gasteiger partial charge in [-0.15, -0.1) is 0 Å². The molecule has 1 aromatic rings. The first-order valence-electron chi connectivity index (χ1n) is 12.7. The van der Waals surface area contributed by atoms with E-state index in [9.17, 15) is 5.11 Å². The number of hydrogen-bond donors (Lipinski definition) is 2. The average molecular weight is 434 g/mol.